The van der Waals surface area contributed by atoms with Crippen molar-refractivity contribution in [1.29, 1.82) is 0 Å². The van der Waals surface area contributed by atoms with Gasteiger partial charge in [0.2, 0.25) is 0 Å². The highest BCUT2D eigenvalue weighted by Crippen LogP contribution is 2.45. The first kappa shape index (κ1) is 32.3. The first-order valence-electron chi connectivity index (χ1n) is 9.74. The van der Waals surface area contributed by atoms with E-state index in [1.54, 1.807) is 0 Å². The summed E-state index contributed by atoms with van der Waals surface area (Å²) in [5.74, 6) is -2.07. The van der Waals surface area contributed by atoms with Crippen LogP contribution in [0.15, 0.2) is 0 Å². The second-order valence-corrected chi connectivity index (χ2v) is 12.4. The molecule has 0 bridgehead atoms. The monoisotopic (exact) mass is 657 g/mol. The lowest BCUT2D eigenvalue weighted by Crippen LogP contribution is -2.64. The van der Waals surface area contributed by atoms with Crippen LogP contribution in [0.2, 0.25) is 0 Å². The Bertz CT molecular complexity index is 1380. The van der Waals surface area contributed by atoms with Gasteiger partial charge in [-0.15, -0.1) is 0 Å². The summed E-state index contributed by atoms with van der Waals surface area (Å²) in [6.45, 7) is -1.28. The van der Waals surface area contributed by atoms with E-state index >= 15 is 0 Å². The van der Waals surface area contributed by atoms with Gasteiger partial charge in [-0.2, -0.15) is 38.0 Å². The van der Waals surface area contributed by atoms with Crippen molar-refractivity contribution in [2.24, 2.45) is 0 Å². The van der Waals surface area contributed by atoms with Gasteiger partial charge in [-0.1, -0.05) is 0 Å². The van der Waals surface area contributed by atoms with Crippen molar-refractivity contribution in [2.45, 2.75) is 61.3 Å². The number of carboxylic acid groups (broad SMARTS) is 1. The minimum atomic E-state index is -5.67. The standard InChI is InChI=1S/C12H19NO22S4/c14-5-7(34-38(24,25)26)9(35-39(27,28)29)12(33-8(5)10(15)16)32-6-2(1-30-37(21,22)23)31-11(17)4-3(6)13(4)36(18,19)20/h2-9,11-12,14,17H,1H2,(H,15,16)(H,18,19,20)(H,21,22,23)(H,24,25,26)(H,27,28,29)/t2-,3-,4-,5+,6-,7+,8-,9-,11+,12-,13?/m1/s1. The fourth-order valence-electron chi connectivity index (χ4n) is 3.99. The van der Waals surface area contributed by atoms with Crippen LogP contribution < -0.4 is 0 Å². The number of rotatable bonds is 11. The van der Waals surface area contributed by atoms with E-state index in [4.69, 9.17) is 27.9 Å². The number of carboxylic acids is 1. The van der Waals surface area contributed by atoms with E-state index in [-0.39, 0.29) is 4.31 Å². The van der Waals surface area contributed by atoms with Gasteiger partial charge in [0.05, 0.1) is 18.7 Å². The molecule has 3 aliphatic heterocycles. The largest absolute Gasteiger partial charge is 0.479 e. The van der Waals surface area contributed by atoms with E-state index in [9.17, 15) is 58.3 Å². The van der Waals surface area contributed by atoms with E-state index in [1.165, 1.54) is 0 Å². The highest BCUT2D eigenvalue weighted by atomic mass is 32.3. The molecule has 0 aliphatic carbocycles. The SMILES string of the molecule is O=C(O)[C@@H]1O[C@@H](O[C@H]2[C@H]3[C@H]([C@@H](O)O[C@@H]2COS(=O)(=O)O)N3S(=O)(=O)O)[C@H](OS(=O)(=O)O)[C@@H](OS(=O)(=O)O)[C@@H]1O. The molecule has 27 heteroatoms. The molecule has 3 aliphatic rings. The van der Waals surface area contributed by atoms with Crippen molar-refractivity contribution in [3.63, 3.8) is 0 Å². The minimum Gasteiger partial charge on any atom is -0.479 e. The Hall–Kier alpha value is -1.25. The number of hydrogen-bond acceptors (Lipinski definition) is 17. The van der Waals surface area contributed by atoms with E-state index in [0.29, 0.717) is 0 Å². The Morgan fingerprint density at radius 1 is 0.769 bits per heavy atom. The van der Waals surface area contributed by atoms with Crippen LogP contribution in [-0.4, -0.2) is 145 Å². The number of aliphatic hydroxyl groups excluding tert-OH is 2. The van der Waals surface area contributed by atoms with Crippen molar-refractivity contribution in [2.75, 3.05) is 6.61 Å². The predicted molar refractivity (Wildman–Crippen MR) is 109 cm³/mol. The zero-order valence-electron chi connectivity index (χ0n) is 18.3. The fraction of sp³-hybridized carbons (Fsp3) is 0.917. The molecule has 3 saturated heterocycles. The molecular formula is C12H19NO22S4. The molecule has 3 rings (SSSR count). The van der Waals surface area contributed by atoms with Crippen LogP contribution in [0.5, 0.6) is 0 Å². The van der Waals surface area contributed by atoms with Gasteiger partial charge in [0.15, 0.2) is 24.8 Å². The molecule has 11 atom stereocenters. The van der Waals surface area contributed by atoms with Crippen LogP contribution in [0.1, 0.15) is 0 Å². The summed E-state index contributed by atoms with van der Waals surface area (Å²) in [4.78, 5) is 11.6. The normalized spacial score (nSPS) is 39.6. The molecule has 0 saturated carbocycles. The number of ether oxygens (including phenoxy) is 3. The Kier molecular flexibility index (Phi) is 8.99. The average Bonchev–Trinajstić information content (AvgIpc) is 3.47. The zero-order chi connectivity index (χ0) is 29.9. The third-order valence-corrected chi connectivity index (χ3v) is 7.71. The number of aliphatic hydroxyl groups is 2. The van der Waals surface area contributed by atoms with Crippen LogP contribution in [0.3, 0.4) is 0 Å². The van der Waals surface area contributed by atoms with Crippen LogP contribution in [0, 0.1) is 0 Å². The van der Waals surface area contributed by atoms with E-state index in [1.807, 2.05) is 0 Å². The van der Waals surface area contributed by atoms with E-state index in [2.05, 4.69) is 12.5 Å². The lowest BCUT2D eigenvalue weighted by atomic mass is 9.98. The quantitative estimate of drug-likeness (QED) is 0.0803. The zero-order valence-corrected chi connectivity index (χ0v) is 21.6. The number of hydrogen-bond donors (Lipinski definition) is 7. The highest BCUT2D eigenvalue weighted by Gasteiger charge is 2.69. The van der Waals surface area contributed by atoms with Crippen molar-refractivity contribution >= 4 is 47.5 Å². The van der Waals surface area contributed by atoms with Crippen molar-refractivity contribution < 1.29 is 98.8 Å². The molecule has 0 radical (unpaired) electrons. The summed E-state index contributed by atoms with van der Waals surface area (Å²) in [5.41, 5.74) is 0. The summed E-state index contributed by atoms with van der Waals surface area (Å²) >= 11 is 0. The Morgan fingerprint density at radius 2 is 1.31 bits per heavy atom. The second-order valence-electron chi connectivity index (χ2n) is 7.90. The molecular weight excluding hydrogens is 638 g/mol. The molecule has 39 heavy (non-hydrogen) atoms. The van der Waals surface area contributed by atoms with Gasteiger partial charge in [0.1, 0.15) is 24.4 Å². The molecule has 23 nitrogen and oxygen atoms in total. The van der Waals surface area contributed by atoms with Gasteiger partial charge >= 0.3 is 47.5 Å². The maximum absolute atomic E-state index is 11.7. The van der Waals surface area contributed by atoms with Crippen LogP contribution in [0.25, 0.3) is 0 Å². The summed E-state index contributed by atoms with van der Waals surface area (Å²) in [6.07, 6.45) is -19.4. The number of nitrogens with zero attached hydrogens (tertiary/aromatic N) is 1. The van der Waals surface area contributed by atoms with E-state index < -0.39 is 115 Å². The summed E-state index contributed by atoms with van der Waals surface area (Å²) in [6, 6.07) is -3.40. The fourth-order valence-corrected chi connectivity index (χ4v) is 6.31. The Labute approximate surface area is 218 Å². The van der Waals surface area contributed by atoms with Gasteiger partial charge in [0, 0.05) is 0 Å². The molecule has 0 spiro atoms. The summed E-state index contributed by atoms with van der Waals surface area (Å²) < 4.78 is 155. The van der Waals surface area contributed by atoms with Gasteiger partial charge in [-0.05, 0) is 0 Å². The molecule has 3 heterocycles. The summed E-state index contributed by atoms with van der Waals surface area (Å²) in [7, 11) is -21.7. The lowest BCUT2D eigenvalue weighted by molar-refractivity contribution is -0.313. The number of carbonyl (C=O) groups is 1. The molecule has 3 fully saturated rings. The van der Waals surface area contributed by atoms with Crippen LogP contribution >= 0.6 is 0 Å². The highest BCUT2D eigenvalue weighted by molar-refractivity contribution is 7.83. The molecule has 1 unspecified atom stereocenters. The number of fused-ring (bicyclic) bond motifs is 1. The smallest absolute Gasteiger partial charge is 0.397 e. The van der Waals surface area contributed by atoms with Gasteiger partial charge < -0.3 is 29.5 Å². The second kappa shape index (κ2) is 10.9. The molecule has 0 aromatic carbocycles. The molecule has 7 N–H and O–H groups in total. The van der Waals surface area contributed by atoms with Gasteiger partial charge in [-0.25, -0.2) is 17.3 Å². The molecule has 0 amide bonds. The van der Waals surface area contributed by atoms with Crippen LogP contribution in [-0.2, 0) is 73.1 Å². The first-order valence-corrected chi connectivity index (χ1v) is 15.2. The topological polar surface area (TPSA) is 354 Å². The Morgan fingerprint density at radius 3 is 1.77 bits per heavy atom. The van der Waals surface area contributed by atoms with E-state index in [0.717, 1.165) is 0 Å². The molecule has 228 valence electrons. The van der Waals surface area contributed by atoms with Crippen molar-refractivity contribution in [3.05, 3.63) is 0 Å². The summed E-state index contributed by atoms with van der Waals surface area (Å²) in [5, 5.41) is 29.6. The first-order chi connectivity index (χ1) is 17.5. The molecule has 0 aromatic rings. The van der Waals surface area contributed by atoms with Gasteiger partial charge in [-0.3, -0.25) is 18.2 Å². The predicted octanol–water partition coefficient (Wildman–Crippen LogP) is -5.69. The maximum Gasteiger partial charge on any atom is 0.397 e. The Balaban J connectivity index is 2.06. The third-order valence-electron chi connectivity index (χ3n) is 5.32. The van der Waals surface area contributed by atoms with Gasteiger partial charge in [0.25, 0.3) is 0 Å². The third kappa shape index (κ3) is 7.94. The number of aliphatic carboxylic acids is 1. The van der Waals surface area contributed by atoms with Crippen molar-refractivity contribution in [1.82, 2.24) is 4.31 Å². The molecule has 0 aromatic heterocycles. The lowest BCUT2D eigenvalue weighted by Gasteiger charge is -2.43. The minimum absolute atomic E-state index is 0.132. The van der Waals surface area contributed by atoms with Crippen LogP contribution in [0.4, 0.5) is 0 Å². The average molecular weight is 658 g/mol. The van der Waals surface area contributed by atoms with Crippen molar-refractivity contribution in [3.8, 4) is 0 Å². The maximum atomic E-state index is 11.7.